The Morgan fingerprint density at radius 2 is 2.00 bits per heavy atom. The van der Waals surface area contributed by atoms with Crippen LogP contribution in [0, 0.1) is 12.7 Å². The average molecular weight is 296 g/mol. The fourth-order valence-electron chi connectivity index (χ4n) is 1.50. The van der Waals surface area contributed by atoms with E-state index >= 15 is 0 Å². The molecular formula is C12H13FN4O2S. The molecule has 4 N–H and O–H groups in total. The van der Waals surface area contributed by atoms with Gasteiger partial charge in [-0.25, -0.2) is 23.6 Å². The minimum atomic E-state index is -3.82. The normalized spacial score (nSPS) is 11.2. The third-order valence-corrected chi connectivity index (χ3v) is 3.99. The van der Waals surface area contributed by atoms with Gasteiger partial charge < -0.3 is 5.43 Å². The largest absolute Gasteiger partial charge is 0.308 e. The van der Waals surface area contributed by atoms with Crippen molar-refractivity contribution in [3.05, 3.63) is 47.9 Å². The highest BCUT2D eigenvalue weighted by Crippen LogP contribution is 2.18. The zero-order chi connectivity index (χ0) is 14.8. The number of halogens is 1. The highest BCUT2D eigenvalue weighted by Gasteiger charge is 2.15. The van der Waals surface area contributed by atoms with E-state index in [2.05, 4.69) is 15.1 Å². The maximum atomic E-state index is 13.4. The molecule has 1 aromatic heterocycles. The van der Waals surface area contributed by atoms with Gasteiger partial charge in [0, 0.05) is 6.20 Å². The molecule has 0 spiro atoms. The number of hydrazine groups is 1. The number of nitrogens with two attached hydrogens (primary N) is 1. The number of aromatic nitrogens is 1. The zero-order valence-electron chi connectivity index (χ0n) is 10.6. The fourth-order valence-corrected chi connectivity index (χ4v) is 2.49. The van der Waals surface area contributed by atoms with Crippen molar-refractivity contribution in [2.24, 2.45) is 5.84 Å². The lowest BCUT2D eigenvalue weighted by atomic mass is 10.2. The molecule has 0 aliphatic rings. The molecule has 0 aliphatic carbocycles. The van der Waals surface area contributed by atoms with Crippen LogP contribution in [0.25, 0.3) is 0 Å². The van der Waals surface area contributed by atoms with Crippen LogP contribution in [0.4, 0.5) is 15.9 Å². The number of nitrogen functional groups attached to an aromatic ring is 1. The number of rotatable bonds is 4. The van der Waals surface area contributed by atoms with Crippen LogP contribution in [0.15, 0.2) is 41.4 Å². The van der Waals surface area contributed by atoms with Crippen LogP contribution in [-0.4, -0.2) is 13.4 Å². The third kappa shape index (κ3) is 3.03. The van der Waals surface area contributed by atoms with Gasteiger partial charge in [0.25, 0.3) is 10.0 Å². The first-order chi connectivity index (χ1) is 9.42. The number of aryl methyl sites for hydroxylation is 1. The van der Waals surface area contributed by atoms with Gasteiger partial charge in [-0.2, -0.15) is 0 Å². The van der Waals surface area contributed by atoms with Gasteiger partial charge in [0.2, 0.25) is 0 Å². The number of benzene rings is 1. The molecule has 6 nitrogen and oxygen atoms in total. The Morgan fingerprint density at radius 1 is 1.25 bits per heavy atom. The van der Waals surface area contributed by atoms with E-state index in [9.17, 15) is 12.8 Å². The molecule has 1 aromatic carbocycles. The van der Waals surface area contributed by atoms with Crippen LogP contribution < -0.4 is 16.0 Å². The molecular weight excluding hydrogens is 283 g/mol. The lowest BCUT2D eigenvalue weighted by molar-refractivity contribution is 0.600. The molecule has 106 valence electrons. The third-order valence-electron chi connectivity index (χ3n) is 2.62. The smallest absolute Gasteiger partial charge is 0.263 e. The Kier molecular flexibility index (Phi) is 3.86. The molecule has 8 heteroatoms. The van der Waals surface area contributed by atoms with Gasteiger partial charge in [0.15, 0.2) is 0 Å². The SMILES string of the molecule is Cc1ccc(NS(=O)(=O)c2ccc(NN)nc2)cc1F. The van der Waals surface area contributed by atoms with Gasteiger partial charge in [0.05, 0.1) is 5.69 Å². The summed E-state index contributed by atoms with van der Waals surface area (Å²) in [7, 11) is -3.82. The van der Waals surface area contributed by atoms with Crippen molar-refractivity contribution in [3.63, 3.8) is 0 Å². The second kappa shape index (κ2) is 5.43. The second-order valence-corrected chi connectivity index (χ2v) is 5.78. The Morgan fingerprint density at radius 3 is 2.55 bits per heavy atom. The maximum Gasteiger partial charge on any atom is 0.263 e. The lowest BCUT2D eigenvalue weighted by Crippen LogP contribution is -2.14. The van der Waals surface area contributed by atoms with Crippen molar-refractivity contribution < 1.29 is 12.8 Å². The summed E-state index contributed by atoms with van der Waals surface area (Å²) in [4.78, 5) is 3.76. The lowest BCUT2D eigenvalue weighted by Gasteiger charge is -2.09. The molecule has 20 heavy (non-hydrogen) atoms. The van der Waals surface area contributed by atoms with Crippen molar-refractivity contribution in [3.8, 4) is 0 Å². The molecule has 0 amide bonds. The number of hydrogen-bond acceptors (Lipinski definition) is 5. The minimum absolute atomic E-state index is 0.0440. The average Bonchev–Trinajstić information content (AvgIpc) is 2.43. The van der Waals surface area contributed by atoms with E-state index in [1.807, 2.05) is 0 Å². The highest BCUT2D eigenvalue weighted by molar-refractivity contribution is 7.92. The first-order valence-corrected chi connectivity index (χ1v) is 7.12. The second-order valence-electron chi connectivity index (χ2n) is 4.09. The van der Waals surface area contributed by atoms with Crippen LogP contribution >= 0.6 is 0 Å². The van der Waals surface area contributed by atoms with Crippen molar-refractivity contribution in [1.29, 1.82) is 0 Å². The highest BCUT2D eigenvalue weighted by atomic mass is 32.2. The van der Waals surface area contributed by atoms with Gasteiger partial charge in [-0.1, -0.05) is 6.07 Å². The fraction of sp³-hybridized carbons (Fsp3) is 0.0833. The van der Waals surface area contributed by atoms with E-state index in [0.29, 0.717) is 11.4 Å². The quantitative estimate of drug-likeness (QED) is 0.588. The summed E-state index contributed by atoms with van der Waals surface area (Å²) in [6.45, 7) is 1.59. The summed E-state index contributed by atoms with van der Waals surface area (Å²) in [5.41, 5.74) is 2.88. The number of pyridine rings is 1. The van der Waals surface area contributed by atoms with Crippen LogP contribution in [0.5, 0.6) is 0 Å². The van der Waals surface area contributed by atoms with Gasteiger partial charge in [0.1, 0.15) is 16.5 Å². The van der Waals surface area contributed by atoms with Crippen molar-refractivity contribution >= 4 is 21.5 Å². The molecule has 0 atom stereocenters. The van der Waals surface area contributed by atoms with Gasteiger partial charge in [-0.15, -0.1) is 0 Å². The van der Waals surface area contributed by atoms with Crippen molar-refractivity contribution in [2.45, 2.75) is 11.8 Å². The van der Waals surface area contributed by atoms with Gasteiger partial charge in [-0.3, -0.25) is 4.72 Å². The Bertz CT molecular complexity index is 717. The first kappa shape index (κ1) is 14.2. The van der Waals surface area contributed by atoms with E-state index in [4.69, 9.17) is 5.84 Å². The summed E-state index contributed by atoms with van der Waals surface area (Å²) in [6, 6.07) is 6.86. The maximum absolute atomic E-state index is 13.4. The molecule has 0 fully saturated rings. The molecule has 0 saturated carbocycles. The van der Waals surface area contributed by atoms with Crippen molar-refractivity contribution in [1.82, 2.24) is 4.98 Å². The van der Waals surface area contributed by atoms with Crippen LogP contribution in [-0.2, 0) is 10.0 Å². The van der Waals surface area contributed by atoms with Gasteiger partial charge >= 0.3 is 0 Å². The molecule has 0 aliphatic heterocycles. The zero-order valence-corrected chi connectivity index (χ0v) is 11.4. The van der Waals surface area contributed by atoms with E-state index < -0.39 is 15.8 Å². The minimum Gasteiger partial charge on any atom is -0.308 e. The summed E-state index contributed by atoms with van der Waals surface area (Å²) in [5.74, 6) is 5.00. The van der Waals surface area contributed by atoms with Gasteiger partial charge in [-0.05, 0) is 36.8 Å². The number of nitrogens with one attached hydrogen (secondary N) is 2. The van der Waals surface area contributed by atoms with E-state index in [-0.39, 0.29) is 10.6 Å². The predicted molar refractivity (Wildman–Crippen MR) is 74.0 cm³/mol. The Balaban J connectivity index is 2.27. The Labute approximate surface area is 115 Å². The van der Waals surface area contributed by atoms with Crippen LogP contribution in [0.2, 0.25) is 0 Å². The molecule has 2 aromatic rings. The van der Waals surface area contributed by atoms with E-state index in [0.717, 1.165) is 12.3 Å². The first-order valence-electron chi connectivity index (χ1n) is 5.64. The summed E-state index contributed by atoms with van der Waals surface area (Å²) in [5, 5.41) is 0. The molecule has 2 rings (SSSR count). The standard InChI is InChI=1S/C12H13FN4O2S/c1-8-2-3-9(6-11(8)13)17-20(18,19)10-4-5-12(16-14)15-7-10/h2-7,17H,14H2,1H3,(H,15,16). The topological polar surface area (TPSA) is 97.1 Å². The molecule has 0 radical (unpaired) electrons. The molecule has 1 heterocycles. The monoisotopic (exact) mass is 296 g/mol. The summed E-state index contributed by atoms with van der Waals surface area (Å²) in [6.07, 6.45) is 1.15. The number of sulfonamides is 1. The number of hydrogen-bond donors (Lipinski definition) is 3. The number of anilines is 2. The van der Waals surface area contributed by atoms with Crippen molar-refractivity contribution in [2.75, 3.05) is 10.1 Å². The summed E-state index contributed by atoms with van der Waals surface area (Å²) >= 11 is 0. The molecule has 0 unspecified atom stereocenters. The van der Waals surface area contributed by atoms with E-state index in [1.54, 1.807) is 6.92 Å². The molecule has 0 saturated heterocycles. The summed E-state index contributed by atoms with van der Waals surface area (Å²) < 4.78 is 39.8. The predicted octanol–water partition coefficient (Wildman–Crippen LogP) is 1.62. The Hall–Kier alpha value is -2.19. The van der Waals surface area contributed by atoms with Crippen LogP contribution in [0.1, 0.15) is 5.56 Å². The van der Waals surface area contributed by atoms with E-state index in [1.165, 1.54) is 24.3 Å². The van der Waals surface area contributed by atoms with Crippen LogP contribution in [0.3, 0.4) is 0 Å². The number of nitrogens with zero attached hydrogens (tertiary/aromatic N) is 1. The molecule has 0 bridgehead atoms.